The molecular weight excluding hydrogens is 399 g/mol. The van der Waals surface area contributed by atoms with Crippen LogP contribution in [0.4, 0.5) is 10.1 Å². The second kappa shape index (κ2) is 8.94. The summed E-state index contributed by atoms with van der Waals surface area (Å²) in [4.78, 5) is 18.8. The molecule has 0 atom stereocenters. The fraction of sp³-hybridized carbons (Fsp3) is 0.300. The number of aryl methyl sites for hydroxylation is 2. The average molecular weight is 421 g/mol. The highest BCUT2D eigenvalue weighted by Crippen LogP contribution is 2.29. The van der Waals surface area contributed by atoms with Crippen molar-refractivity contribution in [2.24, 2.45) is 4.99 Å². The lowest BCUT2D eigenvalue weighted by Crippen LogP contribution is -2.14. The summed E-state index contributed by atoms with van der Waals surface area (Å²) >= 11 is 3.44. The molecule has 4 nitrogen and oxygen atoms in total. The van der Waals surface area contributed by atoms with Gasteiger partial charge in [-0.3, -0.25) is 0 Å². The van der Waals surface area contributed by atoms with Crippen molar-refractivity contribution in [1.82, 2.24) is 4.90 Å². The third-order valence-electron chi connectivity index (χ3n) is 4.11. The second-order valence-corrected chi connectivity index (χ2v) is 6.90. The van der Waals surface area contributed by atoms with E-state index in [2.05, 4.69) is 20.9 Å². The minimum Gasteiger partial charge on any atom is -0.457 e. The first-order chi connectivity index (χ1) is 12.3. The van der Waals surface area contributed by atoms with Crippen molar-refractivity contribution in [1.29, 1.82) is 0 Å². The number of hydrogen-bond acceptors (Lipinski definition) is 3. The molecule has 0 bridgehead atoms. The van der Waals surface area contributed by atoms with E-state index in [-0.39, 0.29) is 12.4 Å². The number of nitrogens with zero attached hydrogens (tertiary/aromatic N) is 2. The Morgan fingerprint density at radius 3 is 2.69 bits per heavy atom. The van der Waals surface area contributed by atoms with Crippen LogP contribution in [-0.2, 0) is 11.3 Å². The van der Waals surface area contributed by atoms with E-state index in [1.54, 1.807) is 31.5 Å². The summed E-state index contributed by atoms with van der Waals surface area (Å²) in [7, 11) is 1.93. The maximum Gasteiger partial charge on any atom is 0.338 e. The smallest absolute Gasteiger partial charge is 0.338 e. The first kappa shape index (κ1) is 20.1. The highest BCUT2D eigenvalue weighted by atomic mass is 79.9. The van der Waals surface area contributed by atoms with Gasteiger partial charge in [0, 0.05) is 23.6 Å². The number of halogens is 2. The number of esters is 1. The van der Waals surface area contributed by atoms with Gasteiger partial charge in [0.15, 0.2) is 0 Å². The molecule has 0 amide bonds. The molecule has 0 saturated heterocycles. The molecule has 0 aliphatic carbocycles. The standard InChI is InChI=1S/C20H22BrFN2O2/c1-5-24(4)12-23-19-9-14(3)15(10-17(19)21)20(25)26-11-16-13(2)7-6-8-18(16)22/h6-10,12H,5,11H2,1-4H3. The van der Waals surface area contributed by atoms with Crippen molar-refractivity contribution in [3.8, 4) is 0 Å². The molecule has 2 aromatic carbocycles. The van der Waals surface area contributed by atoms with Crippen LogP contribution in [0.5, 0.6) is 0 Å². The molecule has 138 valence electrons. The van der Waals surface area contributed by atoms with E-state index in [4.69, 9.17) is 4.74 Å². The Morgan fingerprint density at radius 1 is 1.31 bits per heavy atom. The van der Waals surface area contributed by atoms with Gasteiger partial charge in [0.1, 0.15) is 12.4 Å². The molecule has 0 N–H and O–H groups in total. The van der Waals surface area contributed by atoms with E-state index in [1.807, 2.05) is 31.9 Å². The van der Waals surface area contributed by atoms with E-state index >= 15 is 0 Å². The molecule has 2 aromatic rings. The summed E-state index contributed by atoms with van der Waals surface area (Å²) < 4.78 is 19.9. The molecule has 6 heteroatoms. The number of benzene rings is 2. The molecule has 0 heterocycles. The van der Waals surface area contributed by atoms with E-state index in [0.717, 1.165) is 23.4 Å². The van der Waals surface area contributed by atoms with E-state index < -0.39 is 5.97 Å². The molecule has 0 radical (unpaired) electrons. The second-order valence-electron chi connectivity index (χ2n) is 6.05. The fourth-order valence-electron chi connectivity index (χ4n) is 2.29. The Balaban J connectivity index is 2.17. The van der Waals surface area contributed by atoms with Crippen LogP contribution in [0.15, 0.2) is 39.8 Å². The summed E-state index contributed by atoms with van der Waals surface area (Å²) in [5.74, 6) is -0.868. The van der Waals surface area contributed by atoms with Crippen LogP contribution in [-0.4, -0.2) is 30.8 Å². The van der Waals surface area contributed by atoms with E-state index in [9.17, 15) is 9.18 Å². The SMILES string of the molecule is CCN(C)C=Nc1cc(C)c(C(=O)OCc2c(C)cccc2F)cc1Br. The highest BCUT2D eigenvalue weighted by Gasteiger charge is 2.15. The van der Waals surface area contributed by atoms with Crippen LogP contribution >= 0.6 is 15.9 Å². The molecule has 0 spiro atoms. The van der Waals surface area contributed by atoms with Crippen molar-refractivity contribution in [2.75, 3.05) is 13.6 Å². The third-order valence-corrected chi connectivity index (χ3v) is 4.74. The first-order valence-corrected chi connectivity index (χ1v) is 9.08. The molecule has 0 aliphatic rings. The molecule has 0 aromatic heterocycles. The van der Waals surface area contributed by atoms with Gasteiger partial charge in [0.05, 0.1) is 17.6 Å². The molecule has 0 fully saturated rings. The van der Waals surface area contributed by atoms with Crippen LogP contribution in [0.3, 0.4) is 0 Å². The molecular formula is C20H22BrFN2O2. The van der Waals surface area contributed by atoms with Gasteiger partial charge in [-0.2, -0.15) is 0 Å². The Kier molecular flexibility index (Phi) is 6.91. The number of hydrogen-bond donors (Lipinski definition) is 0. The molecule has 2 rings (SSSR count). The molecule has 26 heavy (non-hydrogen) atoms. The van der Waals surface area contributed by atoms with Gasteiger partial charge in [-0.05, 0) is 66.0 Å². The van der Waals surface area contributed by atoms with Gasteiger partial charge in [-0.1, -0.05) is 12.1 Å². The first-order valence-electron chi connectivity index (χ1n) is 8.29. The van der Waals surface area contributed by atoms with Gasteiger partial charge in [-0.15, -0.1) is 0 Å². The summed E-state index contributed by atoms with van der Waals surface area (Å²) in [5, 5.41) is 0. The van der Waals surface area contributed by atoms with Crippen LogP contribution in [0.25, 0.3) is 0 Å². The van der Waals surface area contributed by atoms with Crippen LogP contribution in [0.1, 0.15) is 34.0 Å². The van der Waals surface area contributed by atoms with Gasteiger partial charge in [0.2, 0.25) is 0 Å². The lowest BCUT2D eigenvalue weighted by Gasteiger charge is -2.12. The topological polar surface area (TPSA) is 41.9 Å². The van der Waals surface area contributed by atoms with Crippen LogP contribution < -0.4 is 0 Å². The summed E-state index contributed by atoms with van der Waals surface area (Å²) in [5.41, 5.74) is 3.04. The lowest BCUT2D eigenvalue weighted by molar-refractivity contribution is 0.0467. The Hall–Kier alpha value is -2.21. The largest absolute Gasteiger partial charge is 0.457 e. The summed E-state index contributed by atoms with van der Waals surface area (Å²) in [6.07, 6.45) is 1.73. The van der Waals surface area contributed by atoms with Crippen molar-refractivity contribution in [3.05, 3.63) is 62.9 Å². The zero-order chi connectivity index (χ0) is 19.3. The predicted molar refractivity (Wildman–Crippen MR) is 106 cm³/mol. The highest BCUT2D eigenvalue weighted by molar-refractivity contribution is 9.10. The minimum atomic E-state index is -0.493. The number of carbonyl (C=O) groups excluding carboxylic acids is 1. The Morgan fingerprint density at radius 2 is 2.04 bits per heavy atom. The van der Waals surface area contributed by atoms with Crippen molar-refractivity contribution < 1.29 is 13.9 Å². The van der Waals surface area contributed by atoms with Crippen LogP contribution in [0, 0.1) is 19.7 Å². The fourth-order valence-corrected chi connectivity index (χ4v) is 2.74. The number of ether oxygens (including phenoxy) is 1. The number of carbonyl (C=O) groups is 1. The van der Waals surface area contributed by atoms with Crippen molar-refractivity contribution in [3.63, 3.8) is 0 Å². The van der Waals surface area contributed by atoms with Gasteiger partial charge >= 0.3 is 5.97 Å². The summed E-state index contributed by atoms with van der Waals surface area (Å²) in [6, 6.07) is 8.28. The predicted octanol–water partition coefficient (Wildman–Crippen LogP) is 5.17. The average Bonchev–Trinajstić information content (AvgIpc) is 2.61. The maximum absolute atomic E-state index is 13.9. The molecule has 0 unspecified atom stereocenters. The van der Waals surface area contributed by atoms with E-state index in [0.29, 0.717) is 15.6 Å². The Bertz CT molecular complexity index is 817. The Labute approximate surface area is 161 Å². The molecule has 0 saturated carbocycles. The number of aliphatic imine (C=N–C) groups is 1. The van der Waals surface area contributed by atoms with Gasteiger partial charge in [0.25, 0.3) is 0 Å². The van der Waals surface area contributed by atoms with E-state index in [1.165, 1.54) is 6.07 Å². The quantitative estimate of drug-likeness (QED) is 0.367. The zero-order valence-corrected chi connectivity index (χ0v) is 16.9. The summed E-state index contributed by atoms with van der Waals surface area (Å²) in [6.45, 7) is 6.38. The number of rotatable bonds is 6. The van der Waals surface area contributed by atoms with Gasteiger partial charge in [-0.25, -0.2) is 14.2 Å². The maximum atomic E-state index is 13.9. The monoisotopic (exact) mass is 420 g/mol. The third kappa shape index (κ3) is 4.91. The minimum absolute atomic E-state index is 0.102. The molecule has 0 aliphatic heterocycles. The van der Waals surface area contributed by atoms with Crippen molar-refractivity contribution >= 4 is 33.9 Å². The van der Waals surface area contributed by atoms with Crippen LogP contribution in [0.2, 0.25) is 0 Å². The zero-order valence-electron chi connectivity index (χ0n) is 15.3. The normalized spacial score (nSPS) is 11.0. The van der Waals surface area contributed by atoms with Gasteiger partial charge < -0.3 is 9.64 Å². The lowest BCUT2D eigenvalue weighted by atomic mass is 10.1. The van der Waals surface area contributed by atoms with Crippen molar-refractivity contribution in [2.45, 2.75) is 27.4 Å².